The van der Waals surface area contributed by atoms with Crippen molar-refractivity contribution in [2.24, 2.45) is 0 Å². The standard InChI is InChI=1S/C29H36FN3O5.Na.H/c1-4-19-5-7-20(8-6-19)17-31-29(38)28-27(18(2)3)25(14-13-23(34)15-24(35)16-26(36)37)33(32-28)22-11-9-21(30)10-12-22;;/h5-12,18,23-24,34-35H,4,13-17H2,1-3H3,(H,31,38)(H,36,37);;/q;+1;-1/t23-,24-;;/m1../s1. The number of aliphatic hydroxyl groups is 2. The number of carboxylic acid groups (broad SMARTS) is 1. The summed E-state index contributed by atoms with van der Waals surface area (Å²) in [5, 5.41) is 36.8. The molecule has 0 radical (unpaired) electrons. The Kier molecular flexibility index (Phi) is 12.8. The van der Waals surface area contributed by atoms with Crippen LogP contribution in [-0.2, 0) is 24.2 Å². The van der Waals surface area contributed by atoms with Gasteiger partial charge in [0.25, 0.3) is 5.91 Å². The first-order chi connectivity index (χ1) is 18.1. The second kappa shape index (κ2) is 15.3. The number of carbonyl (C=O) groups excluding carboxylic acids is 1. The van der Waals surface area contributed by atoms with E-state index in [1.54, 1.807) is 16.8 Å². The summed E-state index contributed by atoms with van der Waals surface area (Å²) < 4.78 is 15.2. The van der Waals surface area contributed by atoms with Crippen molar-refractivity contribution in [3.8, 4) is 5.69 Å². The second-order valence-corrected chi connectivity index (χ2v) is 9.78. The number of carboxylic acids is 1. The number of hydrogen-bond donors (Lipinski definition) is 4. The van der Waals surface area contributed by atoms with Crippen LogP contribution in [0.3, 0.4) is 0 Å². The van der Waals surface area contributed by atoms with Crippen LogP contribution >= 0.6 is 0 Å². The molecule has 0 unspecified atom stereocenters. The Morgan fingerprint density at radius 2 is 1.64 bits per heavy atom. The first-order valence-electron chi connectivity index (χ1n) is 12.9. The molecule has 0 saturated carbocycles. The van der Waals surface area contributed by atoms with Crippen molar-refractivity contribution in [1.29, 1.82) is 0 Å². The molecule has 8 nitrogen and oxygen atoms in total. The molecule has 2 aromatic carbocycles. The van der Waals surface area contributed by atoms with Crippen LogP contribution in [-0.4, -0.2) is 49.2 Å². The molecule has 0 aliphatic heterocycles. The molecule has 2 atom stereocenters. The molecule has 1 heterocycles. The summed E-state index contributed by atoms with van der Waals surface area (Å²) in [4.78, 5) is 24.2. The number of aromatic nitrogens is 2. The van der Waals surface area contributed by atoms with Gasteiger partial charge < -0.3 is 22.1 Å². The number of hydrogen-bond acceptors (Lipinski definition) is 5. The first kappa shape index (κ1) is 32.7. The summed E-state index contributed by atoms with van der Waals surface area (Å²) in [6, 6.07) is 13.8. The van der Waals surface area contributed by atoms with Crippen LogP contribution in [0.1, 0.15) is 80.3 Å². The normalized spacial score (nSPS) is 12.6. The maximum Gasteiger partial charge on any atom is 1.00 e. The maximum absolute atomic E-state index is 13.6. The smallest absolute Gasteiger partial charge is 1.00 e. The predicted molar refractivity (Wildman–Crippen MR) is 143 cm³/mol. The fourth-order valence-corrected chi connectivity index (χ4v) is 4.45. The minimum Gasteiger partial charge on any atom is -1.00 e. The molecule has 3 aromatic rings. The van der Waals surface area contributed by atoms with E-state index in [1.807, 2.05) is 38.1 Å². The van der Waals surface area contributed by atoms with Crippen LogP contribution in [0, 0.1) is 5.82 Å². The third kappa shape index (κ3) is 9.25. The van der Waals surface area contributed by atoms with Crippen LogP contribution in [0.2, 0.25) is 0 Å². The van der Waals surface area contributed by atoms with Gasteiger partial charge in [0.2, 0.25) is 0 Å². The van der Waals surface area contributed by atoms with Gasteiger partial charge in [0.1, 0.15) is 5.82 Å². The summed E-state index contributed by atoms with van der Waals surface area (Å²) in [7, 11) is 0. The summed E-state index contributed by atoms with van der Waals surface area (Å²) in [6.45, 7) is 6.31. The van der Waals surface area contributed by atoms with Gasteiger partial charge in [-0.1, -0.05) is 45.0 Å². The number of nitrogens with one attached hydrogen (secondary N) is 1. The molecule has 0 fully saturated rings. The molecule has 0 spiro atoms. The van der Waals surface area contributed by atoms with E-state index in [0.29, 0.717) is 29.9 Å². The van der Waals surface area contributed by atoms with E-state index in [1.165, 1.54) is 17.7 Å². The Morgan fingerprint density at radius 1 is 1.03 bits per heavy atom. The molecule has 0 saturated heterocycles. The van der Waals surface area contributed by atoms with E-state index < -0.39 is 30.4 Å². The number of nitrogens with zero attached hydrogens (tertiary/aromatic N) is 2. The molecule has 206 valence electrons. The average Bonchev–Trinajstić information content (AvgIpc) is 3.26. The molecular formula is C29H37FN3NaO5. The van der Waals surface area contributed by atoms with Gasteiger partial charge in [0.05, 0.1) is 24.3 Å². The van der Waals surface area contributed by atoms with E-state index in [9.17, 15) is 24.2 Å². The van der Waals surface area contributed by atoms with Gasteiger partial charge in [-0.2, -0.15) is 5.10 Å². The fourth-order valence-electron chi connectivity index (χ4n) is 4.45. The van der Waals surface area contributed by atoms with E-state index in [-0.39, 0.29) is 61.3 Å². The molecule has 39 heavy (non-hydrogen) atoms. The molecule has 0 aliphatic carbocycles. The first-order valence-corrected chi connectivity index (χ1v) is 12.9. The van der Waals surface area contributed by atoms with Gasteiger partial charge in [-0.15, -0.1) is 0 Å². The number of amides is 1. The van der Waals surface area contributed by atoms with Gasteiger partial charge in [-0.3, -0.25) is 9.59 Å². The number of halogens is 1. The van der Waals surface area contributed by atoms with Crippen molar-refractivity contribution < 1.29 is 60.3 Å². The predicted octanol–water partition coefficient (Wildman–Crippen LogP) is 1.26. The molecular weight excluding hydrogens is 512 g/mol. The molecule has 4 N–H and O–H groups in total. The minimum absolute atomic E-state index is 0. The van der Waals surface area contributed by atoms with Crippen LogP contribution in [0.25, 0.3) is 5.69 Å². The molecule has 10 heteroatoms. The average molecular weight is 550 g/mol. The Labute approximate surface area is 252 Å². The van der Waals surface area contributed by atoms with E-state index >= 15 is 0 Å². The Hall–Kier alpha value is -2.56. The van der Waals surface area contributed by atoms with Gasteiger partial charge in [-0.05, 0) is 67.0 Å². The van der Waals surface area contributed by atoms with Crippen molar-refractivity contribution in [3.05, 3.63) is 82.4 Å². The van der Waals surface area contributed by atoms with Gasteiger partial charge >= 0.3 is 35.5 Å². The van der Waals surface area contributed by atoms with Crippen molar-refractivity contribution in [3.63, 3.8) is 0 Å². The van der Waals surface area contributed by atoms with E-state index in [4.69, 9.17) is 5.11 Å². The third-order valence-corrected chi connectivity index (χ3v) is 6.44. The topological polar surface area (TPSA) is 125 Å². The Morgan fingerprint density at radius 3 is 2.21 bits per heavy atom. The summed E-state index contributed by atoms with van der Waals surface area (Å²) >= 11 is 0. The van der Waals surface area contributed by atoms with E-state index in [0.717, 1.165) is 12.0 Å². The molecule has 0 bridgehead atoms. The largest absolute Gasteiger partial charge is 1.00 e. The van der Waals surface area contributed by atoms with Gasteiger partial charge in [0.15, 0.2) is 5.69 Å². The number of benzene rings is 2. The zero-order valence-corrected chi connectivity index (χ0v) is 25.0. The molecule has 3 rings (SSSR count). The Balaban J connectivity index is 0.00000400. The SMILES string of the molecule is CCc1ccc(CNC(=O)c2nn(-c3ccc(F)cc3)c(CC[C@@H](O)C[C@@H](O)CC(=O)O)c2C(C)C)cc1.[H-].[Na+]. The molecule has 1 amide bonds. The minimum atomic E-state index is -1.16. The van der Waals surface area contributed by atoms with Crippen molar-refractivity contribution in [2.45, 2.75) is 77.5 Å². The van der Waals surface area contributed by atoms with Crippen LogP contribution < -0.4 is 34.9 Å². The fraction of sp³-hybridized carbons (Fsp3) is 0.414. The van der Waals surface area contributed by atoms with Crippen LogP contribution in [0.4, 0.5) is 4.39 Å². The quantitative estimate of drug-likeness (QED) is 0.238. The van der Waals surface area contributed by atoms with Gasteiger partial charge in [0, 0.05) is 17.8 Å². The van der Waals surface area contributed by atoms with Crippen molar-refractivity contribution in [1.82, 2.24) is 15.1 Å². The van der Waals surface area contributed by atoms with Crippen LogP contribution in [0.5, 0.6) is 0 Å². The maximum atomic E-state index is 13.6. The number of rotatable bonds is 13. The summed E-state index contributed by atoms with van der Waals surface area (Å²) in [6.07, 6.45) is -1.20. The second-order valence-electron chi connectivity index (χ2n) is 9.78. The number of aliphatic hydroxyl groups excluding tert-OH is 2. The zero-order valence-electron chi connectivity index (χ0n) is 24.0. The van der Waals surface area contributed by atoms with E-state index in [2.05, 4.69) is 17.3 Å². The molecule has 1 aromatic heterocycles. The third-order valence-electron chi connectivity index (χ3n) is 6.44. The number of aliphatic carboxylic acids is 1. The number of carbonyl (C=O) groups is 2. The van der Waals surface area contributed by atoms with Crippen LogP contribution in [0.15, 0.2) is 48.5 Å². The monoisotopic (exact) mass is 549 g/mol. The Bertz CT molecular complexity index is 1240. The van der Waals surface area contributed by atoms with Crippen molar-refractivity contribution in [2.75, 3.05) is 0 Å². The number of aryl methyl sites for hydroxylation is 1. The van der Waals surface area contributed by atoms with Gasteiger partial charge in [-0.25, -0.2) is 9.07 Å². The zero-order chi connectivity index (χ0) is 27.8. The summed E-state index contributed by atoms with van der Waals surface area (Å²) in [5.41, 5.74) is 4.40. The summed E-state index contributed by atoms with van der Waals surface area (Å²) in [5.74, 6) is -1.97. The van der Waals surface area contributed by atoms with Crippen molar-refractivity contribution >= 4 is 11.9 Å². The molecule has 0 aliphatic rings.